The number of carboxylic acid groups (broad SMARTS) is 1. The fraction of sp³-hybridized carbons (Fsp3) is 0.222. The summed E-state index contributed by atoms with van der Waals surface area (Å²) in [6.07, 6.45) is 0.958. The van der Waals surface area contributed by atoms with Crippen molar-refractivity contribution in [3.63, 3.8) is 0 Å². The lowest BCUT2D eigenvalue weighted by molar-refractivity contribution is -0.136. The number of halogens is 1. The average Bonchev–Trinajstić information content (AvgIpc) is 2.52. The van der Waals surface area contributed by atoms with Crippen molar-refractivity contribution >= 4 is 34.4 Å². The van der Waals surface area contributed by atoms with E-state index in [0.29, 0.717) is 17.9 Å². The number of hydrogen-bond donors (Lipinski definition) is 1. The quantitative estimate of drug-likeness (QED) is 0.824. The Kier molecular flexibility index (Phi) is 6.25. The van der Waals surface area contributed by atoms with Crippen molar-refractivity contribution in [2.75, 3.05) is 0 Å². The van der Waals surface area contributed by atoms with Crippen molar-refractivity contribution in [2.45, 2.75) is 25.0 Å². The van der Waals surface area contributed by atoms with Gasteiger partial charge in [0.25, 0.3) is 0 Å². The molecule has 2 rings (SSSR count). The van der Waals surface area contributed by atoms with E-state index in [1.54, 1.807) is 0 Å². The monoisotopic (exact) mass is 348 g/mol. The number of aryl methyl sites for hydroxylation is 1. The number of carbonyl (C=O) groups is 2. The third kappa shape index (κ3) is 4.85. The number of carbonyl (C=O) groups excluding carboxylic acids is 1. The molecule has 0 bridgehead atoms. The van der Waals surface area contributed by atoms with E-state index in [1.165, 1.54) is 6.92 Å². The van der Waals surface area contributed by atoms with Gasteiger partial charge in [0.1, 0.15) is 5.25 Å². The van der Waals surface area contributed by atoms with Gasteiger partial charge in [-0.3, -0.25) is 9.59 Å². The summed E-state index contributed by atoms with van der Waals surface area (Å²) in [6, 6.07) is 15.4. The minimum Gasteiger partial charge on any atom is -0.480 e. The number of aliphatic carboxylic acids is 1. The molecule has 120 valence electrons. The Labute approximate surface area is 144 Å². The van der Waals surface area contributed by atoms with Crippen LogP contribution in [0.5, 0.6) is 0 Å². The number of carboxylic acids is 1. The van der Waals surface area contributed by atoms with Gasteiger partial charge in [-0.1, -0.05) is 65.8 Å². The van der Waals surface area contributed by atoms with Crippen LogP contribution in [0.2, 0.25) is 5.02 Å². The highest BCUT2D eigenvalue weighted by atomic mass is 35.5. The van der Waals surface area contributed by atoms with Gasteiger partial charge in [0.15, 0.2) is 5.12 Å². The van der Waals surface area contributed by atoms with Gasteiger partial charge in [-0.2, -0.15) is 0 Å². The van der Waals surface area contributed by atoms with Crippen molar-refractivity contribution in [1.82, 2.24) is 0 Å². The lowest BCUT2D eigenvalue weighted by atomic mass is 9.96. The van der Waals surface area contributed by atoms with E-state index in [2.05, 4.69) is 0 Å². The van der Waals surface area contributed by atoms with Crippen molar-refractivity contribution in [3.8, 4) is 11.1 Å². The topological polar surface area (TPSA) is 54.4 Å². The molecule has 0 spiro atoms. The Morgan fingerprint density at radius 2 is 1.70 bits per heavy atom. The van der Waals surface area contributed by atoms with Crippen molar-refractivity contribution < 1.29 is 14.7 Å². The fourth-order valence-corrected chi connectivity index (χ4v) is 3.38. The zero-order valence-corrected chi connectivity index (χ0v) is 14.2. The van der Waals surface area contributed by atoms with Crippen LogP contribution in [-0.4, -0.2) is 21.4 Å². The highest BCUT2D eigenvalue weighted by Crippen LogP contribution is 2.31. The Morgan fingerprint density at radius 3 is 2.30 bits per heavy atom. The SMILES string of the molecule is CC(=O)SC(CCc1ccccc1-c1ccccc1Cl)C(=O)O. The number of thioether (sulfide) groups is 1. The molecule has 2 aromatic rings. The first kappa shape index (κ1) is 17.6. The molecule has 0 amide bonds. The highest BCUT2D eigenvalue weighted by Gasteiger charge is 2.20. The summed E-state index contributed by atoms with van der Waals surface area (Å²) in [5, 5.41) is 8.98. The smallest absolute Gasteiger partial charge is 0.317 e. The molecular formula is C18H17ClO3S. The zero-order chi connectivity index (χ0) is 16.8. The molecule has 0 aliphatic carbocycles. The van der Waals surface area contributed by atoms with Gasteiger partial charge in [-0.25, -0.2) is 0 Å². The maximum Gasteiger partial charge on any atom is 0.317 e. The molecule has 0 saturated carbocycles. The molecule has 2 aromatic carbocycles. The lowest BCUT2D eigenvalue weighted by Gasteiger charge is -2.14. The lowest BCUT2D eigenvalue weighted by Crippen LogP contribution is -2.18. The molecule has 23 heavy (non-hydrogen) atoms. The van der Waals surface area contributed by atoms with Gasteiger partial charge in [-0.05, 0) is 30.0 Å². The van der Waals surface area contributed by atoms with E-state index in [-0.39, 0.29) is 5.12 Å². The van der Waals surface area contributed by atoms with E-state index in [9.17, 15) is 14.7 Å². The van der Waals surface area contributed by atoms with Crippen molar-refractivity contribution in [2.24, 2.45) is 0 Å². The zero-order valence-electron chi connectivity index (χ0n) is 12.7. The predicted molar refractivity (Wildman–Crippen MR) is 94.9 cm³/mol. The van der Waals surface area contributed by atoms with E-state index >= 15 is 0 Å². The van der Waals surface area contributed by atoms with Crippen LogP contribution in [0.4, 0.5) is 0 Å². The van der Waals surface area contributed by atoms with Gasteiger partial charge in [-0.15, -0.1) is 0 Å². The number of benzene rings is 2. The maximum absolute atomic E-state index is 11.3. The second kappa shape index (κ2) is 8.18. The largest absolute Gasteiger partial charge is 0.480 e. The molecule has 1 N–H and O–H groups in total. The van der Waals surface area contributed by atoms with Crippen LogP contribution in [0, 0.1) is 0 Å². The van der Waals surface area contributed by atoms with E-state index in [4.69, 9.17) is 11.6 Å². The molecule has 0 aliphatic rings. The van der Waals surface area contributed by atoms with E-state index < -0.39 is 11.2 Å². The molecule has 3 nitrogen and oxygen atoms in total. The summed E-state index contributed by atoms with van der Waals surface area (Å²) in [5.41, 5.74) is 2.95. The third-order valence-corrected chi connectivity index (χ3v) is 4.82. The first-order chi connectivity index (χ1) is 11.0. The second-order valence-electron chi connectivity index (χ2n) is 5.11. The Morgan fingerprint density at radius 1 is 1.09 bits per heavy atom. The number of hydrogen-bond acceptors (Lipinski definition) is 3. The molecule has 0 radical (unpaired) electrons. The summed E-state index contributed by atoms with van der Waals surface area (Å²) in [6.45, 7) is 1.39. The van der Waals surface area contributed by atoms with Crippen LogP contribution in [0.25, 0.3) is 11.1 Å². The first-order valence-electron chi connectivity index (χ1n) is 7.22. The minimum atomic E-state index is -0.958. The van der Waals surface area contributed by atoms with Gasteiger partial charge < -0.3 is 5.11 Å². The van der Waals surface area contributed by atoms with Crippen molar-refractivity contribution in [3.05, 3.63) is 59.1 Å². The summed E-state index contributed by atoms with van der Waals surface area (Å²) in [4.78, 5) is 22.5. The number of rotatable bonds is 6. The molecule has 0 heterocycles. The molecule has 5 heteroatoms. The van der Waals surface area contributed by atoms with Crippen LogP contribution in [0.15, 0.2) is 48.5 Å². The summed E-state index contributed by atoms with van der Waals surface area (Å²) in [7, 11) is 0. The highest BCUT2D eigenvalue weighted by molar-refractivity contribution is 8.14. The summed E-state index contributed by atoms with van der Waals surface area (Å²) >= 11 is 7.14. The third-order valence-electron chi connectivity index (χ3n) is 3.44. The Hall–Kier alpha value is -1.78. The van der Waals surface area contributed by atoms with Gasteiger partial charge in [0, 0.05) is 17.5 Å². The molecule has 0 saturated heterocycles. The van der Waals surface area contributed by atoms with E-state index in [0.717, 1.165) is 28.5 Å². The molecular weight excluding hydrogens is 332 g/mol. The average molecular weight is 349 g/mol. The van der Waals surface area contributed by atoms with Crippen molar-refractivity contribution in [1.29, 1.82) is 0 Å². The van der Waals surface area contributed by atoms with Crippen LogP contribution < -0.4 is 0 Å². The van der Waals surface area contributed by atoms with Crippen LogP contribution >= 0.6 is 23.4 Å². The maximum atomic E-state index is 11.3. The summed E-state index contributed by atoms with van der Waals surface area (Å²) < 4.78 is 0. The van der Waals surface area contributed by atoms with E-state index in [1.807, 2.05) is 48.5 Å². The Bertz CT molecular complexity index is 715. The molecule has 1 unspecified atom stereocenters. The van der Waals surface area contributed by atoms with Crippen LogP contribution in [0.3, 0.4) is 0 Å². The second-order valence-corrected chi connectivity index (χ2v) is 6.90. The minimum absolute atomic E-state index is 0.184. The standard InChI is InChI=1S/C18H17ClO3S/c1-12(20)23-17(18(21)22)11-10-13-6-2-3-7-14(13)15-8-4-5-9-16(15)19/h2-9,17H,10-11H2,1H3,(H,21,22). The Balaban J connectivity index is 2.23. The van der Waals surface area contributed by atoms with Crippen LogP contribution in [0.1, 0.15) is 18.9 Å². The van der Waals surface area contributed by atoms with Gasteiger partial charge in [0.05, 0.1) is 0 Å². The van der Waals surface area contributed by atoms with Gasteiger partial charge in [0.2, 0.25) is 0 Å². The molecule has 0 aliphatic heterocycles. The molecule has 1 atom stereocenters. The predicted octanol–water partition coefficient (Wildman–Crippen LogP) is 4.67. The van der Waals surface area contributed by atoms with Crippen LogP contribution in [-0.2, 0) is 16.0 Å². The molecule has 0 fully saturated rings. The summed E-state index contributed by atoms with van der Waals surface area (Å²) in [5.74, 6) is -0.958. The first-order valence-corrected chi connectivity index (χ1v) is 8.47. The van der Waals surface area contributed by atoms with Gasteiger partial charge >= 0.3 is 5.97 Å². The normalized spacial score (nSPS) is 11.9. The molecule has 0 aromatic heterocycles. The fourth-order valence-electron chi connectivity index (χ4n) is 2.40.